The standard InChI is InChI=1S/C13H18BrClO3S/c1-10(2)12(9-19(15,16)17)8-18-7-11-4-3-5-13(14)6-11/h3-6,10,12H,7-9H2,1-2H3. The van der Waals surface area contributed by atoms with Crippen LogP contribution in [0, 0.1) is 11.8 Å². The van der Waals surface area contributed by atoms with Crippen LogP contribution in [-0.4, -0.2) is 20.8 Å². The number of halogens is 2. The second-order valence-electron chi connectivity index (χ2n) is 4.85. The van der Waals surface area contributed by atoms with Gasteiger partial charge in [0.1, 0.15) is 0 Å². The maximum Gasteiger partial charge on any atom is 0.232 e. The first-order valence-corrected chi connectivity index (χ1v) is 9.29. The molecule has 0 aliphatic carbocycles. The van der Waals surface area contributed by atoms with Gasteiger partial charge in [-0.05, 0) is 29.5 Å². The molecule has 1 unspecified atom stereocenters. The largest absolute Gasteiger partial charge is 0.376 e. The van der Waals surface area contributed by atoms with E-state index in [2.05, 4.69) is 15.9 Å². The molecule has 0 heterocycles. The SMILES string of the molecule is CC(C)C(COCc1cccc(Br)c1)CS(=O)(=O)Cl. The third-order valence-electron chi connectivity index (χ3n) is 2.85. The van der Waals surface area contributed by atoms with Gasteiger partial charge in [-0.15, -0.1) is 0 Å². The number of rotatable bonds is 7. The number of ether oxygens (including phenoxy) is 1. The Morgan fingerprint density at radius 1 is 1.37 bits per heavy atom. The molecule has 0 spiro atoms. The molecule has 0 bridgehead atoms. The molecular weight excluding hydrogens is 352 g/mol. The van der Waals surface area contributed by atoms with Crippen molar-refractivity contribution in [2.75, 3.05) is 12.4 Å². The van der Waals surface area contributed by atoms with Crippen LogP contribution < -0.4 is 0 Å². The maximum atomic E-state index is 11.1. The Morgan fingerprint density at radius 2 is 2.05 bits per heavy atom. The summed E-state index contributed by atoms with van der Waals surface area (Å²) in [5, 5.41) is 0. The van der Waals surface area contributed by atoms with Gasteiger partial charge in [-0.3, -0.25) is 0 Å². The average molecular weight is 370 g/mol. The molecule has 0 fully saturated rings. The molecule has 0 aliphatic rings. The zero-order chi connectivity index (χ0) is 14.5. The maximum absolute atomic E-state index is 11.1. The number of hydrogen-bond acceptors (Lipinski definition) is 3. The van der Waals surface area contributed by atoms with E-state index in [-0.39, 0.29) is 17.6 Å². The van der Waals surface area contributed by atoms with Gasteiger partial charge in [-0.25, -0.2) is 8.42 Å². The average Bonchev–Trinajstić information content (AvgIpc) is 2.26. The second kappa shape index (κ2) is 7.62. The summed E-state index contributed by atoms with van der Waals surface area (Å²) in [5.41, 5.74) is 1.05. The fraction of sp³-hybridized carbons (Fsp3) is 0.538. The molecule has 1 aromatic rings. The lowest BCUT2D eigenvalue weighted by Gasteiger charge is -2.19. The van der Waals surface area contributed by atoms with Gasteiger partial charge >= 0.3 is 0 Å². The topological polar surface area (TPSA) is 43.4 Å². The smallest absolute Gasteiger partial charge is 0.232 e. The van der Waals surface area contributed by atoms with Crippen LogP contribution >= 0.6 is 26.6 Å². The molecule has 6 heteroatoms. The lowest BCUT2D eigenvalue weighted by molar-refractivity contribution is 0.0791. The van der Waals surface area contributed by atoms with E-state index >= 15 is 0 Å². The summed E-state index contributed by atoms with van der Waals surface area (Å²) in [4.78, 5) is 0. The van der Waals surface area contributed by atoms with Crippen molar-refractivity contribution in [1.82, 2.24) is 0 Å². The predicted molar refractivity (Wildman–Crippen MR) is 81.8 cm³/mol. The molecule has 0 aliphatic heterocycles. The van der Waals surface area contributed by atoms with Gasteiger partial charge in [-0.2, -0.15) is 0 Å². The van der Waals surface area contributed by atoms with Gasteiger partial charge < -0.3 is 4.74 Å². The van der Waals surface area contributed by atoms with Crippen LogP contribution in [-0.2, 0) is 20.4 Å². The van der Waals surface area contributed by atoms with Gasteiger partial charge in [0, 0.05) is 15.2 Å². The van der Waals surface area contributed by atoms with Crippen molar-refractivity contribution in [3.05, 3.63) is 34.3 Å². The summed E-state index contributed by atoms with van der Waals surface area (Å²) in [7, 11) is 1.81. The molecule has 0 aromatic heterocycles. The molecule has 19 heavy (non-hydrogen) atoms. The molecule has 0 N–H and O–H groups in total. The minimum Gasteiger partial charge on any atom is -0.376 e. The fourth-order valence-electron chi connectivity index (χ4n) is 1.64. The fourth-order valence-corrected chi connectivity index (χ4v) is 3.57. The van der Waals surface area contributed by atoms with Crippen molar-refractivity contribution in [2.24, 2.45) is 11.8 Å². The van der Waals surface area contributed by atoms with Crippen molar-refractivity contribution in [3.8, 4) is 0 Å². The van der Waals surface area contributed by atoms with Crippen LogP contribution in [0.15, 0.2) is 28.7 Å². The number of hydrogen-bond donors (Lipinski definition) is 0. The Balaban J connectivity index is 2.49. The summed E-state index contributed by atoms with van der Waals surface area (Å²) in [6.07, 6.45) is 0. The first-order chi connectivity index (χ1) is 8.78. The Kier molecular flexibility index (Phi) is 6.80. The molecule has 1 aromatic carbocycles. The van der Waals surface area contributed by atoms with E-state index in [1.807, 2.05) is 38.1 Å². The lowest BCUT2D eigenvalue weighted by Crippen LogP contribution is -2.23. The van der Waals surface area contributed by atoms with Crippen molar-refractivity contribution in [1.29, 1.82) is 0 Å². The summed E-state index contributed by atoms with van der Waals surface area (Å²) in [5.74, 6) is 0.0655. The van der Waals surface area contributed by atoms with E-state index in [4.69, 9.17) is 15.4 Å². The Morgan fingerprint density at radius 3 is 2.58 bits per heavy atom. The quantitative estimate of drug-likeness (QED) is 0.686. The molecule has 0 radical (unpaired) electrons. The highest BCUT2D eigenvalue weighted by Gasteiger charge is 2.20. The van der Waals surface area contributed by atoms with E-state index in [1.54, 1.807) is 0 Å². The van der Waals surface area contributed by atoms with Crippen LogP contribution in [0.3, 0.4) is 0 Å². The summed E-state index contributed by atoms with van der Waals surface area (Å²) < 4.78 is 28.9. The summed E-state index contributed by atoms with van der Waals surface area (Å²) in [6.45, 7) is 4.78. The van der Waals surface area contributed by atoms with Gasteiger partial charge in [0.15, 0.2) is 0 Å². The van der Waals surface area contributed by atoms with Crippen molar-refractivity contribution in [3.63, 3.8) is 0 Å². The van der Waals surface area contributed by atoms with Crippen molar-refractivity contribution >= 4 is 35.7 Å². The zero-order valence-electron chi connectivity index (χ0n) is 11.0. The Labute approximate surface area is 127 Å². The minimum absolute atomic E-state index is 0.0509. The molecular formula is C13H18BrClO3S. The Hall–Kier alpha value is -0.100. The van der Waals surface area contributed by atoms with Crippen molar-refractivity contribution in [2.45, 2.75) is 20.5 Å². The minimum atomic E-state index is -3.49. The van der Waals surface area contributed by atoms with Gasteiger partial charge in [-0.1, -0.05) is 41.9 Å². The van der Waals surface area contributed by atoms with Gasteiger partial charge in [0.2, 0.25) is 9.05 Å². The third kappa shape index (κ3) is 7.30. The van der Waals surface area contributed by atoms with Crippen LogP contribution in [0.25, 0.3) is 0 Å². The normalized spacial score (nSPS) is 13.7. The first-order valence-electron chi connectivity index (χ1n) is 6.02. The third-order valence-corrected chi connectivity index (χ3v) is 4.54. The number of benzene rings is 1. The molecule has 0 saturated carbocycles. The van der Waals surface area contributed by atoms with Crippen LogP contribution in [0.1, 0.15) is 19.4 Å². The molecule has 0 saturated heterocycles. The zero-order valence-corrected chi connectivity index (χ0v) is 14.1. The summed E-state index contributed by atoms with van der Waals surface area (Å²) >= 11 is 3.39. The van der Waals surface area contributed by atoms with Crippen LogP contribution in [0.4, 0.5) is 0 Å². The molecule has 3 nitrogen and oxygen atoms in total. The van der Waals surface area contributed by atoms with Crippen LogP contribution in [0.2, 0.25) is 0 Å². The highest BCUT2D eigenvalue weighted by atomic mass is 79.9. The lowest BCUT2D eigenvalue weighted by atomic mass is 9.99. The van der Waals surface area contributed by atoms with Gasteiger partial charge in [0.25, 0.3) is 0 Å². The van der Waals surface area contributed by atoms with Crippen molar-refractivity contribution < 1.29 is 13.2 Å². The van der Waals surface area contributed by atoms with E-state index < -0.39 is 9.05 Å². The first kappa shape index (κ1) is 17.0. The van der Waals surface area contributed by atoms with Crippen LogP contribution in [0.5, 0.6) is 0 Å². The Bertz CT molecular complexity index is 502. The van der Waals surface area contributed by atoms with E-state index in [0.29, 0.717) is 13.2 Å². The highest BCUT2D eigenvalue weighted by Crippen LogP contribution is 2.18. The second-order valence-corrected chi connectivity index (χ2v) is 8.59. The molecule has 1 rings (SSSR count). The predicted octanol–water partition coefficient (Wildman–Crippen LogP) is 3.81. The summed E-state index contributed by atoms with van der Waals surface area (Å²) in [6, 6.07) is 7.82. The molecule has 1 atom stereocenters. The van der Waals surface area contributed by atoms with E-state index in [1.165, 1.54) is 0 Å². The van der Waals surface area contributed by atoms with Gasteiger partial charge in [0.05, 0.1) is 19.0 Å². The highest BCUT2D eigenvalue weighted by molar-refractivity contribution is 9.10. The van der Waals surface area contributed by atoms with E-state index in [0.717, 1.165) is 10.0 Å². The van der Waals surface area contributed by atoms with E-state index in [9.17, 15) is 8.42 Å². The molecule has 108 valence electrons. The molecule has 0 amide bonds. The monoisotopic (exact) mass is 368 g/mol.